The summed E-state index contributed by atoms with van der Waals surface area (Å²) in [6.07, 6.45) is 3.35. The summed E-state index contributed by atoms with van der Waals surface area (Å²) in [5, 5.41) is 3.02. The molecule has 0 aromatic rings. The Kier molecular flexibility index (Phi) is 11.8. The molecule has 1 amide bonds. The monoisotopic (exact) mass is 280 g/mol. The second kappa shape index (κ2) is 10.6. The molecule has 110 valence electrons. The van der Waals surface area contributed by atoms with Crippen molar-refractivity contribution in [2.75, 3.05) is 13.2 Å². The van der Waals surface area contributed by atoms with E-state index in [0.717, 1.165) is 25.7 Å². The van der Waals surface area contributed by atoms with E-state index in [2.05, 4.69) is 12.2 Å². The molecule has 0 aromatic heterocycles. The van der Waals surface area contributed by atoms with Crippen LogP contribution in [0.2, 0.25) is 0 Å². The van der Waals surface area contributed by atoms with E-state index < -0.39 is 6.10 Å². The lowest BCUT2D eigenvalue weighted by Crippen LogP contribution is -2.55. The second-order valence-electron chi connectivity index (χ2n) is 4.55. The van der Waals surface area contributed by atoms with Crippen molar-refractivity contribution in [3.63, 3.8) is 0 Å². The molecule has 0 rings (SSSR count). The number of hydrogen-bond acceptors (Lipinski definition) is 3. The Labute approximate surface area is 117 Å². The van der Waals surface area contributed by atoms with E-state index in [9.17, 15) is 4.79 Å². The van der Waals surface area contributed by atoms with Crippen molar-refractivity contribution in [2.24, 2.45) is 5.73 Å². The summed E-state index contributed by atoms with van der Waals surface area (Å²) in [7, 11) is 0. The van der Waals surface area contributed by atoms with Crippen molar-refractivity contribution >= 4 is 18.3 Å². The van der Waals surface area contributed by atoms with Gasteiger partial charge in [0.1, 0.15) is 6.10 Å². The van der Waals surface area contributed by atoms with E-state index >= 15 is 0 Å². The van der Waals surface area contributed by atoms with Crippen molar-refractivity contribution in [1.82, 2.24) is 5.32 Å². The van der Waals surface area contributed by atoms with E-state index in [4.69, 9.17) is 10.5 Å². The first-order chi connectivity index (χ1) is 8.05. The molecule has 3 N–H and O–H groups in total. The largest absolute Gasteiger partial charge is 0.369 e. The molecule has 0 heterocycles. The maximum absolute atomic E-state index is 11.9. The maximum Gasteiger partial charge on any atom is 0.249 e. The molecule has 0 fully saturated rings. The van der Waals surface area contributed by atoms with Crippen LogP contribution in [0, 0.1) is 0 Å². The van der Waals surface area contributed by atoms with Gasteiger partial charge in [0.25, 0.3) is 0 Å². The summed E-state index contributed by atoms with van der Waals surface area (Å²) in [5.74, 6) is -0.0600. The number of halogens is 1. The minimum atomic E-state index is -0.398. The van der Waals surface area contributed by atoms with Gasteiger partial charge in [-0.15, -0.1) is 12.4 Å². The molecule has 5 heteroatoms. The molecule has 0 spiro atoms. The number of rotatable bonds is 9. The number of amides is 1. The molecule has 0 saturated carbocycles. The third-order valence-corrected chi connectivity index (χ3v) is 3.37. The summed E-state index contributed by atoms with van der Waals surface area (Å²) in [4.78, 5) is 11.9. The zero-order chi connectivity index (χ0) is 13.3. The van der Waals surface area contributed by atoms with Crippen molar-refractivity contribution in [3.05, 3.63) is 0 Å². The van der Waals surface area contributed by atoms with Crippen LogP contribution >= 0.6 is 12.4 Å². The summed E-state index contributed by atoms with van der Waals surface area (Å²) >= 11 is 0. The average molecular weight is 281 g/mol. The van der Waals surface area contributed by atoms with Crippen LogP contribution in [0.4, 0.5) is 0 Å². The molecule has 0 aromatic carbocycles. The van der Waals surface area contributed by atoms with Gasteiger partial charge in [-0.2, -0.15) is 0 Å². The minimum absolute atomic E-state index is 0. The Balaban J connectivity index is 0. The highest BCUT2D eigenvalue weighted by Crippen LogP contribution is 2.13. The van der Waals surface area contributed by atoms with Gasteiger partial charge in [0, 0.05) is 13.2 Å². The quantitative estimate of drug-likeness (QED) is 0.637. The van der Waals surface area contributed by atoms with Crippen LogP contribution in [-0.2, 0) is 9.53 Å². The van der Waals surface area contributed by atoms with Crippen LogP contribution in [0.15, 0.2) is 0 Å². The van der Waals surface area contributed by atoms with E-state index in [1.54, 1.807) is 6.92 Å². The van der Waals surface area contributed by atoms with Gasteiger partial charge in [-0.1, -0.05) is 27.2 Å². The van der Waals surface area contributed by atoms with Gasteiger partial charge >= 0.3 is 0 Å². The third kappa shape index (κ3) is 6.57. The number of hydrogen-bond donors (Lipinski definition) is 2. The Hall–Kier alpha value is -0.320. The first kappa shape index (κ1) is 20.0. The second-order valence-corrected chi connectivity index (χ2v) is 4.55. The van der Waals surface area contributed by atoms with E-state index in [0.29, 0.717) is 13.2 Å². The summed E-state index contributed by atoms with van der Waals surface area (Å²) in [5.41, 5.74) is 5.47. The SMILES string of the molecule is CCCCOC(C)C(=O)NC(CC)(CC)CN.Cl. The molecule has 0 aliphatic heterocycles. The van der Waals surface area contributed by atoms with Gasteiger partial charge in [0.2, 0.25) is 5.91 Å². The van der Waals surface area contributed by atoms with Gasteiger partial charge in [-0.25, -0.2) is 0 Å². The summed E-state index contributed by atoms with van der Waals surface area (Å²) in [6.45, 7) is 9.07. The van der Waals surface area contributed by atoms with Crippen molar-refractivity contribution in [2.45, 2.75) is 65.0 Å². The Morgan fingerprint density at radius 2 is 1.89 bits per heavy atom. The molecule has 0 saturated heterocycles. The van der Waals surface area contributed by atoms with Gasteiger partial charge in [0.05, 0.1) is 5.54 Å². The van der Waals surface area contributed by atoms with E-state index in [1.165, 1.54) is 0 Å². The zero-order valence-corrected chi connectivity index (χ0v) is 12.9. The van der Waals surface area contributed by atoms with Gasteiger partial charge < -0.3 is 15.8 Å². The molecule has 1 atom stereocenters. The molecule has 18 heavy (non-hydrogen) atoms. The average Bonchev–Trinajstić information content (AvgIpc) is 2.36. The third-order valence-electron chi connectivity index (χ3n) is 3.37. The molecule has 0 aliphatic carbocycles. The first-order valence-electron chi connectivity index (χ1n) is 6.68. The smallest absolute Gasteiger partial charge is 0.249 e. The zero-order valence-electron chi connectivity index (χ0n) is 12.1. The summed E-state index contributed by atoms with van der Waals surface area (Å²) < 4.78 is 5.47. The summed E-state index contributed by atoms with van der Waals surface area (Å²) in [6, 6.07) is 0. The lowest BCUT2D eigenvalue weighted by Gasteiger charge is -2.32. The number of ether oxygens (including phenoxy) is 1. The van der Waals surface area contributed by atoms with E-state index in [-0.39, 0.29) is 23.9 Å². The van der Waals surface area contributed by atoms with Crippen LogP contribution in [0.25, 0.3) is 0 Å². The molecule has 0 radical (unpaired) electrons. The highest BCUT2D eigenvalue weighted by Gasteiger charge is 2.28. The number of carbonyl (C=O) groups is 1. The number of nitrogens with one attached hydrogen (secondary N) is 1. The highest BCUT2D eigenvalue weighted by atomic mass is 35.5. The molecule has 4 nitrogen and oxygen atoms in total. The Bertz CT molecular complexity index is 213. The van der Waals surface area contributed by atoms with Gasteiger partial charge in [-0.05, 0) is 26.2 Å². The van der Waals surface area contributed by atoms with Gasteiger partial charge in [-0.3, -0.25) is 4.79 Å². The fraction of sp³-hybridized carbons (Fsp3) is 0.923. The maximum atomic E-state index is 11.9. The Morgan fingerprint density at radius 3 is 2.28 bits per heavy atom. The van der Waals surface area contributed by atoms with Crippen LogP contribution in [0.5, 0.6) is 0 Å². The molecule has 0 aliphatic rings. The van der Waals surface area contributed by atoms with Crippen molar-refractivity contribution in [3.8, 4) is 0 Å². The molecular weight excluding hydrogens is 252 g/mol. The molecular formula is C13H29ClN2O2. The van der Waals surface area contributed by atoms with Crippen LogP contribution in [0.3, 0.4) is 0 Å². The lowest BCUT2D eigenvalue weighted by molar-refractivity contribution is -0.133. The fourth-order valence-corrected chi connectivity index (χ4v) is 1.61. The highest BCUT2D eigenvalue weighted by molar-refractivity contribution is 5.85. The normalized spacial score (nSPS) is 12.7. The Morgan fingerprint density at radius 1 is 1.33 bits per heavy atom. The number of unbranched alkanes of at least 4 members (excludes halogenated alkanes) is 1. The van der Waals surface area contributed by atoms with E-state index in [1.807, 2.05) is 13.8 Å². The first-order valence-corrected chi connectivity index (χ1v) is 6.68. The lowest BCUT2D eigenvalue weighted by atomic mass is 9.92. The van der Waals surface area contributed by atoms with Crippen LogP contribution in [0.1, 0.15) is 53.4 Å². The minimum Gasteiger partial charge on any atom is -0.369 e. The predicted molar refractivity (Wildman–Crippen MR) is 78.1 cm³/mol. The van der Waals surface area contributed by atoms with Crippen LogP contribution in [-0.4, -0.2) is 30.7 Å². The molecule has 0 bridgehead atoms. The van der Waals surface area contributed by atoms with Crippen LogP contribution < -0.4 is 11.1 Å². The van der Waals surface area contributed by atoms with Crippen molar-refractivity contribution in [1.29, 1.82) is 0 Å². The topological polar surface area (TPSA) is 64.3 Å². The predicted octanol–water partition coefficient (Wildman–Crippen LogP) is 2.25. The fourth-order valence-electron chi connectivity index (χ4n) is 1.61. The number of nitrogens with two attached hydrogens (primary N) is 1. The standard InChI is InChI=1S/C13H28N2O2.ClH/c1-5-8-9-17-11(4)12(16)15-13(6-2,7-3)10-14;/h11H,5-10,14H2,1-4H3,(H,15,16);1H. The van der Waals surface area contributed by atoms with Gasteiger partial charge in [0.15, 0.2) is 0 Å². The molecule has 1 unspecified atom stereocenters. The van der Waals surface area contributed by atoms with Crippen molar-refractivity contribution < 1.29 is 9.53 Å². The number of carbonyl (C=O) groups excluding carboxylic acids is 1.